The van der Waals surface area contributed by atoms with Crippen LogP contribution in [0.1, 0.15) is 34.1 Å². The average molecular weight is 421 g/mol. The zero-order chi connectivity index (χ0) is 20.1. The predicted octanol–water partition coefficient (Wildman–Crippen LogP) is 2.38. The highest BCUT2D eigenvalue weighted by Gasteiger charge is 2.28. The maximum absolute atomic E-state index is 11.8. The molecular weight excluding hydrogens is 400 g/mol. The van der Waals surface area contributed by atoms with Crippen LogP contribution in [-0.2, 0) is 10.0 Å². The lowest BCUT2D eigenvalue weighted by Crippen LogP contribution is -2.37. The van der Waals surface area contributed by atoms with E-state index >= 15 is 0 Å². The van der Waals surface area contributed by atoms with Crippen LogP contribution < -0.4 is 11.5 Å². The first-order valence-electron chi connectivity index (χ1n) is 8.76. The van der Waals surface area contributed by atoms with Crippen molar-refractivity contribution in [2.24, 2.45) is 5.73 Å². The second-order valence-electron chi connectivity index (χ2n) is 6.93. The first-order valence-corrected chi connectivity index (χ1v) is 11.4. The van der Waals surface area contributed by atoms with Crippen molar-refractivity contribution in [1.82, 2.24) is 9.29 Å². The maximum atomic E-state index is 11.8. The lowest BCUT2D eigenvalue weighted by molar-refractivity contribution is 0.100. The molecule has 0 saturated carbocycles. The number of carbonyl (C=O) groups excluding carboxylic acids is 1. The molecule has 0 spiro atoms. The van der Waals surface area contributed by atoms with Gasteiger partial charge in [-0.05, 0) is 30.5 Å². The Morgan fingerprint density at radius 3 is 2.64 bits per heavy atom. The number of hydrogen-bond donors (Lipinski definition) is 2. The standard InChI is InChI=1S/C18H20N4O4S2/c1-28(24,25)22-5-2-10(3-6-22)13-8-12(11-4-7-26-9-11)14-15(19)16(17(20)23)27-18(14)21-13/h4,7-10H,2-3,5-6,19H2,1H3,(H2,20,23). The Balaban J connectivity index is 1.80. The Labute approximate surface area is 166 Å². The molecule has 0 atom stereocenters. The molecule has 0 aromatic carbocycles. The van der Waals surface area contributed by atoms with Gasteiger partial charge in [-0.3, -0.25) is 4.79 Å². The van der Waals surface area contributed by atoms with E-state index in [2.05, 4.69) is 0 Å². The molecule has 4 rings (SSSR count). The molecule has 4 heterocycles. The molecule has 28 heavy (non-hydrogen) atoms. The molecule has 0 aliphatic carbocycles. The summed E-state index contributed by atoms with van der Waals surface area (Å²) in [7, 11) is -3.19. The van der Waals surface area contributed by atoms with E-state index in [9.17, 15) is 13.2 Å². The van der Waals surface area contributed by atoms with Gasteiger partial charge in [-0.2, -0.15) is 0 Å². The van der Waals surface area contributed by atoms with Crippen LogP contribution >= 0.6 is 11.3 Å². The first-order chi connectivity index (χ1) is 13.3. The number of pyridine rings is 1. The van der Waals surface area contributed by atoms with Crippen LogP contribution in [0.4, 0.5) is 5.69 Å². The van der Waals surface area contributed by atoms with E-state index in [1.165, 1.54) is 21.9 Å². The molecule has 8 nitrogen and oxygen atoms in total. The van der Waals surface area contributed by atoms with Gasteiger partial charge >= 0.3 is 0 Å². The van der Waals surface area contributed by atoms with Gasteiger partial charge < -0.3 is 15.9 Å². The number of anilines is 1. The normalized spacial score (nSPS) is 16.6. The number of nitrogens with two attached hydrogens (primary N) is 2. The van der Waals surface area contributed by atoms with Gasteiger partial charge in [0.25, 0.3) is 5.91 Å². The van der Waals surface area contributed by atoms with E-state index in [1.54, 1.807) is 12.5 Å². The molecule has 1 saturated heterocycles. The van der Waals surface area contributed by atoms with Crippen molar-refractivity contribution in [3.8, 4) is 11.1 Å². The van der Waals surface area contributed by atoms with Crippen molar-refractivity contribution in [3.05, 3.63) is 35.2 Å². The Bertz CT molecular complexity index is 1140. The predicted molar refractivity (Wildman–Crippen MR) is 109 cm³/mol. The Morgan fingerprint density at radius 2 is 2.07 bits per heavy atom. The third-order valence-electron chi connectivity index (χ3n) is 5.12. The van der Waals surface area contributed by atoms with Crippen LogP contribution in [-0.4, -0.2) is 43.0 Å². The summed E-state index contributed by atoms with van der Waals surface area (Å²) >= 11 is 1.18. The highest BCUT2D eigenvalue weighted by Crippen LogP contribution is 2.41. The molecule has 1 amide bonds. The van der Waals surface area contributed by atoms with Crippen LogP contribution in [0, 0.1) is 0 Å². The van der Waals surface area contributed by atoms with Crippen LogP contribution in [0.25, 0.3) is 21.3 Å². The second kappa shape index (κ2) is 6.87. The summed E-state index contributed by atoms with van der Waals surface area (Å²) < 4.78 is 30.2. The molecule has 0 unspecified atom stereocenters. The summed E-state index contributed by atoms with van der Waals surface area (Å²) in [5.41, 5.74) is 14.5. The highest BCUT2D eigenvalue weighted by molar-refractivity contribution is 7.88. The number of thiophene rings is 1. The molecule has 0 bridgehead atoms. The fourth-order valence-electron chi connectivity index (χ4n) is 3.66. The van der Waals surface area contributed by atoms with Crippen molar-refractivity contribution < 1.29 is 17.6 Å². The zero-order valence-corrected chi connectivity index (χ0v) is 16.8. The Hall–Kier alpha value is -2.43. The van der Waals surface area contributed by atoms with Gasteiger partial charge in [0.15, 0.2) is 0 Å². The molecule has 10 heteroatoms. The summed E-state index contributed by atoms with van der Waals surface area (Å²) in [4.78, 5) is 17.4. The molecule has 0 radical (unpaired) electrons. The summed E-state index contributed by atoms with van der Waals surface area (Å²) in [5, 5.41) is 0.692. The van der Waals surface area contributed by atoms with E-state index in [4.69, 9.17) is 20.9 Å². The first kappa shape index (κ1) is 18.9. The monoisotopic (exact) mass is 420 g/mol. The maximum Gasteiger partial charge on any atom is 0.260 e. The molecule has 148 valence electrons. The molecule has 3 aromatic rings. The second-order valence-corrected chi connectivity index (χ2v) is 9.91. The number of sulfonamides is 1. The number of furan rings is 1. The van der Waals surface area contributed by atoms with Crippen LogP contribution in [0.5, 0.6) is 0 Å². The van der Waals surface area contributed by atoms with Gasteiger partial charge in [0.05, 0.1) is 24.5 Å². The van der Waals surface area contributed by atoms with E-state index in [0.717, 1.165) is 16.8 Å². The average Bonchev–Trinajstić information content (AvgIpc) is 3.29. The minimum absolute atomic E-state index is 0.119. The van der Waals surface area contributed by atoms with Gasteiger partial charge in [0.1, 0.15) is 9.71 Å². The molecule has 1 aliphatic heterocycles. The number of amides is 1. The van der Waals surface area contributed by atoms with Gasteiger partial charge in [-0.25, -0.2) is 17.7 Å². The number of nitrogen functional groups attached to an aromatic ring is 1. The lowest BCUT2D eigenvalue weighted by atomic mass is 9.92. The molecule has 1 aliphatic rings. The van der Waals surface area contributed by atoms with Crippen LogP contribution in [0.15, 0.2) is 29.1 Å². The summed E-state index contributed by atoms with van der Waals surface area (Å²) in [5.74, 6) is -0.463. The van der Waals surface area contributed by atoms with Crippen LogP contribution in [0.2, 0.25) is 0 Å². The number of carbonyl (C=O) groups is 1. The molecule has 1 fully saturated rings. The fraction of sp³-hybridized carbons (Fsp3) is 0.333. The third kappa shape index (κ3) is 3.27. The minimum atomic E-state index is -3.19. The number of aromatic nitrogens is 1. The van der Waals surface area contributed by atoms with Crippen LogP contribution in [0.3, 0.4) is 0 Å². The van der Waals surface area contributed by atoms with Gasteiger partial charge in [-0.1, -0.05) is 0 Å². The minimum Gasteiger partial charge on any atom is -0.472 e. The molecular formula is C18H20N4O4S2. The molecule has 3 aromatic heterocycles. The third-order valence-corrected chi connectivity index (χ3v) is 7.53. The zero-order valence-electron chi connectivity index (χ0n) is 15.2. The highest BCUT2D eigenvalue weighted by atomic mass is 32.2. The van der Waals surface area contributed by atoms with Crippen molar-refractivity contribution in [2.45, 2.75) is 18.8 Å². The summed E-state index contributed by atoms with van der Waals surface area (Å²) in [6.45, 7) is 0.923. The Morgan fingerprint density at radius 1 is 1.36 bits per heavy atom. The van der Waals surface area contributed by atoms with Crippen molar-refractivity contribution in [3.63, 3.8) is 0 Å². The van der Waals surface area contributed by atoms with Crippen molar-refractivity contribution in [2.75, 3.05) is 25.1 Å². The van der Waals surface area contributed by atoms with E-state index in [0.29, 0.717) is 41.8 Å². The summed E-state index contributed by atoms with van der Waals surface area (Å²) in [6.07, 6.45) is 5.78. The van der Waals surface area contributed by atoms with Gasteiger partial charge in [-0.15, -0.1) is 11.3 Å². The summed E-state index contributed by atoms with van der Waals surface area (Å²) in [6, 6.07) is 3.79. The number of nitrogens with zero attached hydrogens (tertiary/aromatic N) is 2. The fourth-order valence-corrected chi connectivity index (χ4v) is 5.51. The molecule has 4 N–H and O–H groups in total. The number of rotatable bonds is 4. The van der Waals surface area contributed by atoms with Crippen molar-refractivity contribution >= 4 is 43.2 Å². The lowest BCUT2D eigenvalue weighted by Gasteiger charge is -2.30. The Kier molecular flexibility index (Phi) is 4.64. The van der Waals surface area contributed by atoms with Gasteiger partial charge in [0, 0.05) is 35.7 Å². The quantitative estimate of drug-likeness (QED) is 0.666. The topological polar surface area (TPSA) is 133 Å². The largest absolute Gasteiger partial charge is 0.472 e. The number of primary amides is 1. The van der Waals surface area contributed by atoms with E-state index in [1.807, 2.05) is 12.1 Å². The van der Waals surface area contributed by atoms with Gasteiger partial charge in [0.2, 0.25) is 10.0 Å². The number of piperidine rings is 1. The number of fused-ring (bicyclic) bond motifs is 1. The van der Waals surface area contributed by atoms with E-state index in [-0.39, 0.29) is 10.8 Å². The SMILES string of the molecule is CS(=O)(=O)N1CCC(c2cc(-c3ccoc3)c3c(N)c(C(N)=O)sc3n2)CC1. The van der Waals surface area contributed by atoms with E-state index < -0.39 is 15.9 Å². The van der Waals surface area contributed by atoms with Crippen molar-refractivity contribution in [1.29, 1.82) is 0 Å². The smallest absolute Gasteiger partial charge is 0.260 e. The number of hydrogen-bond acceptors (Lipinski definition) is 7.